The number of primary amides is 1. The van der Waals surface area contributed by atoms with Gasteiger partial charge in [0.15, 0.2) is 0 Å². The Kier molecular flexibility index (Phi) is 4.38. The monoisotopic (exact) mass is 303 g/mol. The van der Waals surface area contributed by atoms with Crippen molar-refractivity contribution < 1.29 is 4.79 Å². The van der Waals surface area contributed by atoms with Crippen LogP contribution >= 0.6 is 11.6 Å². The lowest BCUT2D eigenvalue weighted by molar-refractivity contribution is 0.100. The molecule has 1 atom stereocenters. The molecule has 4 nitrogen and oxygen atoms in total. The van der Waals surface area contributed by atoms with Crippen LogP contribution in [0.1, 0.15) is 28.9 Å². The quantitative estimate of drug-likeness (QED) is 0.852. The first-order valence-electron chi connectivity index (χ1n) is 6.57. The summed E-state index contributed by atoms with van der Waals surface area (Å²) in [6, 6.07) is 12.9. The lowest BCUT2D eigenvalue weighted by atomic mass is 10.1. The molecule has 1 unspecified atom stereocenters. The summed E-state index contributed by atoms with van der Waals surface area (Å²) in [6.07, 6.45) is 0. The molecule has 21 heavy (non-hydrogen) atoms. The molecule has 0 spiro atoms. The highest BCUT2D eigenvalue weighted by Crippen LogP contribution is 2.32. The Morgan fingerprint density at radius 1 is 1.24 bits per heavy atom. The van der Waals surface area contributed by atoms with Crippen LogP contribution in [0, 0.1) is 0 Å². The molecule has 0 aliphatic carbocycles. The van der Waals surface area contributed by atoms with Gasteiger partial charge in [0.25, 0.3) is 0 Å². The van der Waals surface area contributed by atoms with Gasteiger partial charge >= 0.3 is 0 Å². The summed E-state index contributed by atoms with van der Waals surface area (Å²) < 4.78 is 0. The Balaban J connectivity index is 2.31. The maximum atomic E-state index is 11.2. The molecule has 5 heteroatoms. The van der Waals surface area contributed by atoms with E-state index in [9.17, 15) is 4.79 Å². The van der Waals surface area contributed by atoms with Crippen molar-refractivity contribution in [2.45, 2.75) is 13.0 Å². The molecule has 0 saturated carbocycles. The molecule has 0 aliphatic rings. The smallest absolute Gasteiger partial charge is 0.248 e. The highest BCUT2D eigenvalue weighted by molar-refractivity contribution is 6.33. The fourth-order valence-corrected chi connectivity index (χ4v) is 2.51. The normalized spacial score (nSPS) is 12.0. The SMILES string of the molecule is CC(c1cccc(N)c1)N(C)c1ccc(C(N)=O)cc1Cl. The largest absolute Gasteiger partial charge is 0.399 e. The number of amides is 1. The number of carbonyl (C=O) groups excluding carboxylic acids is 1. The Hall–Kier alpha value is -2.20. The van der Waals surface area contributed by atoms with Gasteiger partial charge in [-0.3, -0.25) is 4.79 Å². The Morgan fingerprint density at radius 2 is 1.95 bits per heavy atom. The first kappa shape index (κ1) is 15.2. The van der Waals surface area contributed by atoms with E-state index in [-0.39, 0.29) is 6.04 Å². The van der Waals surface area contributed by atoms with Gasteiger partial charge in [0.1, 0.15) is 0 Å². The molecule has 110 valence electrons. The minimum Gasteiger partial charge on any atom is -0.399 e. The molecular formula is C16H18ClN3O. The van der Waals surface area contributed by atoms with E-state index in [1.165, 1.54) is 0 Å². The van der Waals surface area contributed by atoms with Gasteiger partial charge in [-0.15, -0.1) is 0 Å². The number of nitrogens with zero attached hydrogens (tertiary/aromatic N) is 1. The van der Waals surface area contributed by atoms with Crippen molar-refractivity contribution in [1.82, 2.24) is 0 Å². The first-order chi connectivity index (χ1) is 9.90. The third kappa shape index (κ3) is 3.28. The molecule has 0 heterocycles. The number of hydrogen-bond donors (Lipinski definition) is 2. The van der Waals surface area contributed by atoms with E-state index >= 15 is 0 Å². The van der Waals surface area contributed by atoms with Crippen molar-refractivity contribution in [3.8, 4) is 0 Å². The predicted octanol–water partition coefficient (Wildman–Crippen LogP) is 3.22. The molecule has 2 aromatic carbocycles. The Bertz CT molecular complexity index is 672. The van der Waals surface area contributed by atoms with Gasteiger partial charge in [0.05, 0.1) is 16.8 Å². The molecule has 0 fully saturated rings. The molecule has 0 aliphatic heterocycles. The summed E-state index contributed by atoms with van der Waals surface area (Å²) in [4.78, 5) is 13.2. The lowest BCUT2D eigenvalue weighted by Crippen LogP contribution is -2.22. The molecule has 4 N–H and O–H groups in total. The summed E-state index contributed by atoms with van der Waals surface area (Å²) in [6.45, 7) is 2.06. The second-order valence-electron chi connectivity index (χ2n) is 4.99. The van der Waals surface area contributed by atoms with E-state index in [4.69, 9.17) is 23.1 Å². The number of carbonyl (C=O) groups is 1. The number of nitrogen functional groups attached to an aromatic ring is 1. The highest BCUT2D eigenvalue weighted by atomic mass is 35.5. The van der Waals surface area contributed by atoms with Crippen LogP contribution in [0.4, 0.5) is 11.4 Å². The zero-order valence-corrected chi connectivity index (χ0v) is 12.8. The molecule has 2 rings (SSSR count). The third-order valence-corrected chi connectivity index (χ3v) is 3.89. The Morgan fingerprint density at radius 3 is 2.52 bits per heavy atom. The number of halogens is 1. The van der Waals surface area contributed by atoms with Crippen molar-refractivity contribution in [3.63, 3.8) is 0 Å². The standard InChI is InChI=1S/C16H18ClN3O/c1-10(11-4-3-5-13(18)8-11)20(2)15-7-6-12(16(19)21)9-14(15)17/h3-10H,18H2,1-2H3,(H2,19,21). The molecule has 0 aromatic heterocycles. The minimum absolute atomic E-state index is 0.0884. The first-order valence-corrected chi connectivity index (χ1v) is 6.95. The van der Waals surface area contributed by atoms with Crippen molar-refractivity contribution >= 4 is 28.9 Å². The average Bonchev–Trinajstić information content (AvgIpc) is 2.45. The van der Waals surface area contributed by atoms with E-state index in [0.29, 0.717) is 10.6 Å². The number of nitrogens with two attached hydrogens (primary N) is 2. The van der Waals surface area contributed by atoms with Gasteiger partial charge in [-0.05, 0) is 42.8 Å². The van der Waals surface area contributed by atoms with Crippen LogP contribution in [0.15, 0.2) is 42.5 Å². The van der Waals surface area contributed by atoms with Crippen molar-refractivity contribution in [3.05, 3.63) is 58.6 Å². The van der Waals surface area contributed by atoms with Crippen LogP contribution in [-0.4, -0.2) is 13.0 Å². The lowest BCUT2D eigenvalue weighted by Gasteiger charge is -2.28. The summed E-state index contributed by atoms with van der Waals surface area (Å²) >= 11 is 6.26. The second kappa shape index (κ2) is 6.06. The van der Waals surface area contributed by atoms with Crippen molar-refractivity contribution in [2.75, 3.05) is 17.7 Å². The van der Waals surface area contributed by atoms with Gasteiger partial charge in [0, 0.05) is 18.3 Å². The van der Waals surface area contributed by atoms with Gasteiger partial charge < -0.3 is 16.4 Å². The second-order valence-corrected chi connectivity index (χ2v) is 5.39. The van der Waals surface area contributed by atoms with E-state index in [2.05, 4.69) is 6.92 Å². The van der Waals surface area contributed by atoms with E-state index in [1.54, 1.807) is 18.2 Å². The fourth-order valence-electron chi connectivity index (χ4n) is 2.20. The molecule has 2 aromatic rings. The van der Waals surface area contributed by atoms with Crippen LogP contribution in [0.5, 0.6) is 0 Å². The molecule has 0 bridgehead atoms. The average molecular weight is 304 g/mol. The van der Waals surface area contributed by atoms with Gasteiger partial charge in [-0.25, -0.2) is 0 Å². The highest BCUT2D eigenvalue weighted by Gasteiger charge is 2.16. The number of hydrogen-bond acceptors (Lipinski definition) is 3. The summed E-state index contributed by atoms with van der Waals surface area (Å²) in [5, 5.41) is 0.490. The van der Waals surface area contributed by atoms with Crippen molar-refractivity contribution in [2.24, 2.45) is 5.73 Å². The van der Waals surface area contributed by atoms with Crippen LogP contribution in [0.2, 0.25) is 5.02 Å². The maximum Gasteiger partial charge on any atom is 0.248 e. The number of rotatable bonds is 4. The van der Waals surface area contributed by atoms with Crippen LogP contribution in [0.25, 0.3) is 0 Å². The maximum absolute atomic E-state index is 11.2. The van der Waals surface area contributed by atoms with Gasteiger partial charge in [-0.2, -0.15) is 0 Å². The van der Waals surface area contributed by atoms with E-state index in [0.717, 1.165) is 16.9 Å². The minimum atomic E-state index is -0.491. The van der Waals surface area contributed by atoms with Crippen molar-refractivity contribution in [1.29, 1.82) is 0 Å². The Labute approximate surface area is 129 Å². The van der Waals surface area contributed by atoms with E-state index in [1.807, 2.05) is 36.2 Å². The van der Waals surface area contributed by atoms with Gasteiger partial charge in [-0.1, -0.05) is 23.7 Å². The zero-order valence-electron chi connectivity index (χ0n) is 12.0. The van der Waals surface area contributed by atoms with Crippen LogP contribution in [-0.2, 0) is 0 Å². The van der Waals surface area contributed by atoms with Crippen LogP contribution < -0.4 is 16.4 Å². The van der Waals surface area contributed by atoms with Crippen LogP contribution in [0.3, 0.4) is 0 Å². The zero-order chi connectivity index (χ0) is 15.6. The molecule has 0 radical (unpaired) electrons. The summed E-state index contributed by atoms with van der Waals surface area (Å²) in [7, 11) is 1.94. The molecule has 1 amide bonds. The topological polar surface area (TPSA) is 72.3 Å². The fraction of sp³-hybridized carbons (Fsp3) is 0.188. The number of anilines is 2. The molecular weight excluding hydrogens is 286 g/mol. The molecule has 0 saturated heterocycles. The third-order valence-electron chi connectivity index (χ3n) is 3.59. The predicted molar refractivity (Wildman–Crippen MR) is 87.6 cm³/mol. The van der Waals surface area contributed by atoms with Gasteiger partial charge in [0.2, 0.25) is 5.91 Å². The summed E-state index contributed by atoms with van der Waals surface area (Å²) in [5.74, 6) is -0.491. The summed E-state index contributed by atoms with van der Waals surface area (Å²) in [5.41, 5.74) is 14.1. The van der Waals surface area contributed by atoms with E-state index < -0.39 is 5.91 Å². The number of benzene rings is 2.